The lowest BCUT2D eigenvalue weighted by molar-refractivity contribution is -0.123. The van der Waals surface area contributed by atoms with E-state index in [1.165, 1.54) is 11.8 Å². The molecule has 0 unspecified atom stereocenters. The Hall–Kier alpha value is -1.40. The number of benzene rings is 1. The van der Waals surface area contributed by atoms with E-state index in [-0.39, 0.29) is 18.4 Å². The van der Waals surface area contributed by atoms with Crippen molar-refractivity contribution in [2.75, 3.05) is 38.6 Å². The SMILES string of the molecule is CC(=O)N(CC(=O)NCCCN(C)C)c1cccc(Br)c1. The van der Waals surface area contributed by atoms with Crippen LogP contribution < -0.4 is 10.2 Å². The monoisotopic (exact) mass is 355 g/mol. The van der Waals surface area contributed by atoms with Crippen LogP contribution in [0.4, 0.5) is 5.69 Å². The van der Waals surface area contributed by atoms with Crippen molar-refractivity contribution < 1.29 is 9.59 Å². The first-order valence-electron chi connectivity index (χ1n) is 6.85. The molecule has 6 heteroatoms. The zero-order valence-electron chi connectivity index (χ0n) is 12.7. The number of nitrogens with zero attached hydrogens (tertiary/aromatic N) is 2. The molecule has 0 aliphatic heterocycles. The third-order valence-corrected chi connectivity index (χ3v) is 3.40. The van der Waals surface area contributed by atoms with Crippen LogP contribution in [0, 0.1) is 0 Å². The van der Waals surface area contributed by atoms with Crippen LogP contribution in [-0.2, 0) is 9.59 Å². The maximum absolute atomic E-state index is 11.9. The van der Waals surface area contributed by atoms with Gasteiger partial charge in [-0.15, -0.1) is 0 Å². The molecule has 0 aliphatic carbocycles. The summed E-state index contributed by atoms with van der Waals surface area (Å²) in [6, 6.07) is 7.35. The summed E-state index contributed by atoms with van der Waals surface area (Å²) in [5, 5.41) is 2.84. The second kappa shape index (κ2) is 8.79. The number of nitrogens with one attached hydrogen (secondary N) is 1. The third-order valence-electron chi connectivity index (χ3n) is 2.91. The number of rotatable bonds is 7. The number of hydrogen-bond donors (Lipinski definition) is 1. The highest BCUT2D eigenvalue weighted by Gasteiger charge is 2.15. The Morgan fingerprint density at radius 2 is 2.00 bits per heavy atom. The fourth-order valence-corrected chi connectivity index (χ4v) is 2.24. The molecule has 0 heterocycles. The Morgan fingerprint density at radius 3 is 2.57 bits per heavy atom. The molecule has 5 nitrogen and oxygen atoms in total. The van der Waals surface area contributed by atoms with Crippen LogP contribution in [0.25, 0.3) is 0 Å². The average molecular weight is 356 g/mol. The average Bonchev–Trinajstić information content (AvgIpc) is 2.40. The van der Waals surface area contributed by atoms with E-state index in [0.717, 1.165) is 17.4 Å². The Bertz CT molecular complexity index is 492. The van der Waals surface area contributed by atoms with E-state index in [9.17, 15) is 9.59 Å². The Labute approximate surface area is 134 Å². The fourth-order valence-electron chi connectivity index (χ4n) is 1.85. The van der Waals surface area contributed by atoms with Crippen LogP contribution in [-0.4, -0.2) is 50.4 Å². The summed E-state index contributed by atoms with van der Waals surface area (Å²) < 4.78 is 0.873. The summed E-state index contributed by atoms with van der Waals surface area (Å²) in [5.74, 6) is -0.305. The summed E-state index contributed by atoms with van der Waals surface area (Å²) >= 11 is 3.37. The van der Waals surface area contributed by atoms with Gasteiger partial charge in [-0.3, -0.25) is 9.59 Å². The van der Waals surface area contributed by atoms with Gasteiger partial charge in [0.1, 0.15) is 6.54 Å². The molecular weight excluding hydrogens is 334 g/mol. The molecule has 0 aromatic heterocycles. The summed E-state index contributed by atoms with van der Waals surface area (Å²) in [7, 11) is 3.99. The number of amides is 2. The van der Waals surface area contributed by atoms with Gasteiger partial charge in [-0.1, -0.05) is 22.0 Å². The number of halogens is 1. The predicted octanol–water partition coefficient (Wildman–Crippen LogP) is 1.87. The van der Waals surface area contributed by atoms with E-state index in [2.05, 4.69) is 26.1 Å². The normalized spacial score (nSPS) is 10.5. The van der Waals surface area contributed by atoms with Crippen molar-refractivity contribution in [2.45, 2.75) is 13.3 Å². The molecule has 1 rings (SSSR count). The topological polar surface area (TPSA) is 52.7 Å². The Kier molecular flexibility index (Phi) is 7.39. The molecule has 1 aromatic carbocycles. The minimum Gasteiger partial charge on any atom is -0.355 e. The number of carbonyl (C=O) groups excluding carboxylic acids is 2. The molecule has 1 aromatic rings. The molecule has 0 saturated heterocycles. The van der Waals surface area contributed by atoms with Crippen molar-refractivity contribution >= 4 is 33.4 Å². The highest BCUT2D eigenvalue weighted by molar-refractivity contribution is 9.10. The number of anilines is 1. The molecule has 0 atom stereocenters. The minimum absolute atomic E-state index is 0.0355. The molecule has 1 N–H and O–H groups in total. The number of carbonyl (C=O) groups is 2. The van der Waals surface area contributed by atoms with Crippen molar-refractivity contribution in [1.29, 1.82) is 0 Å². The van der Waals surface area contributed by atoms with Gasteiger partial charge in [0.2, 0.25) is 11.8 Å². The van der Waals surface area contributed by atoms with Crippen LogP contribution in [0.2, 0.25) is 0 Å². The van der Waals surface area contributed by atoms with Crippen LogP contribution >= 0.6 is 15.9 Å². The van der Waals surface area contributed by atoms with Crippen molar-refractivity contribution in [2.24, 2.45) is 0 Å². The molecule has 0 bridgehead atoms. The van der Waals surface area contributed by atoms with Crippen molar-refractivity contribution in [1.82, 2.24) is 10.2 Å². The lowest BCUT2D eigenvalue weighted by Crippen LogP contribution is -2.40. The minimum atomic E-state index is -0.156. The smallest absolute Gasteiger partial charge is 0.240 e. The van der Waals surface area contributed by atoms with Crippen molar-refractivity contribution in [3.63, 3.8) is 0 Å². The molecule has 0 radical (unpaired) electrons. The second-order valence-electron chi connectivity index (χ2n) is 5.09. The Balaban J connectivity index is 2.55. The van der Waals surface area contributed by atoms with Gasteiger partial charge < -0.3 is 15.1 Å². The first-order valence-corrected chi connectivity index (χ1v) is 7.64. The maximum Gasteiger partial charge on any atom is 0.240 e. The van der Waals surface area contributed by atoms with Crippen LogP contribution in [0.15, 0.2) is 28.7 Å². The van der Waals surface area contributed by atoms with E-state index in [4.69, 9.17) is 0 Å². The van der Waals surface area contributed by atoms with Gasteiger partial charge in [-0.25, -0.2) is 0 Å². The molecule has 0 fully saturated rings. The van der Waals surface area contributed by atoms with Gasteiger partial charge in [0.05, 0.1) is 0 Å². The Morgan fingerprint density at radius 1 is 1.29 bits per heavy atom. The second-order valence-corrected chi connectivity index (χ2v) is 6.01. The summed E-state index contributed by atoms with van der Waals surface area (Å²) in [6.07, 6.45) is 0.885. The van der Waals surface area contributed by atoms with Crippen LogP contribution in [0.5, 0.6) is 0 Å². The summed E-state index contributed by atoms with van der Waals surface area (Å²) in [6.45, 7) is 3.03. The predicted molar refractivity (Wildman–Crippen MR) is 88.3 cm³/mol. The van der Waals surface area contributed by atoms with E-state index in [1.54, 1.807) is 0 Å². The molecular formula is C15H22BrN3O2. The van der Waals surface area contributed by atoms with Gasteiger partial charge in [0.25, 0.3) is 0 Å². The van der Waals surface area contributed by atoms with Gasteiger partial charge in [0, 0.05) is 23.6 Å². The first kappa shape index (κ1) is 17.7. The maximum atomic E-state index is 11.9. The van der Waals surface area contributed by atoms with E-state index < -0.39 is 0 Å². The molecule has 2 amide bonds. The van der Waals surface area contributed by atoms with Gasteiger partial charge >= 0.3 is 0 Å². The summed E-state index contributed by atoms with van der Waals surface area (Å²) in [5.41, 5.74) is 0.709. The van der Waals surface area contributed by atoms with Crippen LogP contribution in [0.1, 0.15) is 13.3 Å². The van der Waals surface area contributed by atoms with E-state index in [1.807, 2.05) is 38.4 Å². The molecule has 0 spiro atoms. The lowest BCUT2D eigenvalue weighted by Gasteiger charge is -2.21. The van der Waals surface area contributed by atoms with Crippen LogP contribution in [0.3, 0.4) is 0 Å². The number of hydrogen-bond acceptors (Lipinski definition) is 3. The quantitative estimate of drug-likeness (QED) is 0.759. The molecule has 116 valence electrons. The van der Waals surface area contributed by atoms with E-state index in [0.29, 0.717) is 12.2 Å². The molecule has 0 aliphatic rings. The standard InChI is InChI=1S/C15H22BrN3O2/c1-12(20)19(14-7-4-6-13(16)10-14)11-15(21)17-8-5-9-18(2)3/h4,6-7,10H,5,8-9,11H2,1-3H3,(H,17,21). The fraction of sp³-hybridized carbons (Fsp3) is 0.467. The highest BCUT2D eigenvalue weighted by Crippen LogP contribution is 2.19. The third kappa shape index (κ3) is 6.73. The van der Waals surface area contributed by atoms with Gasteiger partial charge in [-0.2, -0.15) is 0 Å². The van der Waals surface area contributed by atoms with Gasteiger partial charge in [-0.05, 0) is 45.3 Å². The molecule has 0 saturated carbocycles. The first-order chi connectivity index (χ1) is 9.90. The zero-order chi connectivity index (χ0) is 15.8. The van der Waals surface area contributed by atoms with Crippen molar-refractivity contribution in [3.8, 4) is 0 Å². The highest BCUT2D eigenvalue weighted by atomic mass is 79.9. The summed E-state index contributed by atoms with van der Waals surface area (Å²) in [4.78, 5) is 27.2. The van der Waals surface area contributed by atoms with E-state index >= 15 is 0 Å². The molecule has 21 heavy (non-hydrogen) atoms. The van der Waals surface area contributed by atoms with Gasteiger partial charge in [0.15, 0.2) is 0 Å². The lowest BCUT2D eigenvalue weighted by atomic mass is 10.2. The largest absolute Gasteiger partial charge is 0.355 e. The van der Waals surface area contributed by atoms with Crippen molar-refractivity contribution in [3.05, 3.63) is 28.7 Å². The zero-order valence-corrected chi connectivity index (χ0v) is 14.3.